The molecule has 0 aromatic carbocycles. The Labute approximate surface area is 84.4 Å². The molecule has 0 spiro atoms. The van der Waals surface area contributed by atoms with Gasteiger partial charge >= 0.3 is 0 Å². The van der Waals surface area contributed by atoms with Crippen LogP contribution in [0.25, 0.3) is 0 Å². The highest BCUT2D eigenvalue weighted by molar-refractivity contribution is 5.87. The number of primary amides is 1. The SMILES string of the molecule is CCCC1CC(=O)N(C(C)C(N)=O)C1. The molecule has 4 nitrogen and oxygen atoms in total. The minimum Gasteiger partial charge on any atom is -0.368 e. The van der Waals surface area contributed by atoms with Crippen LogP contribution in [0.3, 0.4) is 0 Å². The van der Waals surface area contributed by atoms with Crippen LogP contribution in [-0.2, 0) is 9.59 Å². The summed E-state index contributed by atoms with van der Waals surface area (Å²) in [5.74, 6) is 0.0551. The van der Waals surface area contributed by atoms with E-state index < -0.39 is 11.9 Å². The summed E-state index contributed by atoms with van der Waals surface area (Å²) in [7, 11) is 0. The first-order valence-corrected chi connectivity index (χ1v) is 5.15. The van der Waals surface area contributed by atoms with E-state index in [1.54, 1.807) is 11.8 Å². The first-order chi connectivity index (χ1) is 6.56. The summed E-state index contributed by atoms with van der Waals surface area (Å²) in [5, 5.41) is 0. The van der Waals surface area contributed by atoms with Gasteiger partial charge in [-0.1, -0.05) is 13.3 Å². The van der Waals surface area contributed by atoms with Crippen molar-refractivity contribution in [3.05, 3.63) is 0 Å². The molecule has 1 heterocycles. The van der Waals surface area contributed by atoms with E-state index in [0.29, 0.717) is 18.9 Å². The number of hydrogen-bond acceptors (Lipinski definition) is 2. The van der Waals surface area contributed by atoms with E-state index in [1.165, 1.54) is 0 Å². The number of carbonyl (C=O) groups is 2. The van der Waals surface area contributed by atoms with Gasteiger partial charge in [-0.3, -0.25) is 9.59 Å². The van der Waals surface area contributed by atoms with E-state index in [0.717, 1.165) is 12.8 Å². The van der Waals surface area contributed by atoms with Gasteiger partial charge in [0.1, 0.15) is 6.04 Å². The molecular formula is C10H18N2O2. The van der Waals surface area contributed by atoms with Gasteiger partial charge in [0.05, 0.1) is 0 Å². The van der Waals surface area contributed by atoms with Gasteiger partial charge in [-0.15, -0.1) is 0 Å². The Kier molecular flexibility index (Phi) is 3.49. The molecule has 1 saturated heterocycles. The fourth-order valence-electron chi connectivity index (χ4n) is 1.94. The average molecular weight is 198 g/mol. The first-order valence-electron chi connectivity index (χ1n) is 5.15. The molecule has 14 heavy (non-hydrogen) atoms. The van der Waals surface area contributed by atoms with Crippen molar-refractivity contribution in [1.82, 2.24) is 4.90 Å². The zero-order chi connectivity index (χ0) is 10.7. The number of nitrogens with zero attached hydrogens (tertiary/aromatic N) is 1. The van der Waals surface area contributed by atoms with Crippen LogP contribution in [0.1, 0.15) is 33.1 Å². The van der Waals surface area contributed by atoms with E-state index in [2.05, 4.69) is 6.92 Å². The molecular weight excluding hydrogens is 180 g/mol. The molecule has 0 bridgehead atoms. The fourth-order valence-corrected chi connectivity index (χ4v) is 1.94. The fraction of sp³-hybridized carbons (Fsp3) is 0.800. The quantitative estimate of drug-likeness (QED) is 0.715. The van der Waals surface area contributed by atoms with E-state index in [-0.39, 0.29) is 5.91 Å². The Bertz CT molecular complexity index is 240. The minimum absolute atomic E-state index is 0.0646. The van der Waals surface area contributed by atoms with Gasteiger partial charge in [0.25, 0.3) is 0 Å². The maximum absolute atomic E-state index is 11.5. The van der Waals surface area contributed by atoms with E-state index in [1.807, 2.05) is 0 Å². The molecule has 0 aromatic rings. The summed E-state index contributed by atoms with van der Waals surface area (Å²) in [6.07, 6.45) is 2.70. The minimum atomic E-state index is -0.454. The summed E-state index contributed by atoms with van der Waals surface area (Å²) in [4.78, 5) is 24.0. The molecule has 0 radical (unpaired) electrons. The highest BCUT2D eigenvalue weighted by atomic mass is 16.2. The van der Waals surface area contributed by atoms with Crippen molar-refractivity contribution in [2.45, 2.75) is 39.2 Å². The molecule has 1 rings (SSSR count). The summed E-state index contributed by atoms with van der Waals surface area (Å²) < 4.78 is 0. The van der Waals surface area contributed by atoms with Crippen molar-refractivity contribution < 1.29 is 9.59 Å². The van der Waals surface area contributed by atoms with Crippen molar-refractivity contribution in [2.24, 2.45) is 11.7 Å². The number of nitrogens with two attached hydrogens (primary N) is 1. The van der Waals surface area contributed by atoms with Crippen LogP contribution < -0.4 is 5.73 Å². The molecule has 2 amide bonds. The number of rotatable bonds is 4. The van der Waals surface area contributed by atoms with Gasteiger partial charge in [0.2, 0.25) is 11.8 Å². The van der Waals surface area contributed by atoms with Gasteiger partial charge in [-0.25, -0.2) is 0 Å². The number of likely N-dealkylation sites (tertiary alicyclic amines) is 1. The Morgan fingerprint density at radius 3 is 2.86 bits per heavy atom. The maximum Gasteiger partial charge on any atom is 0.239 e. The Morgan fingerprint density at radius 2 is 2.36 bits per heavy atom. The van der Waals surface area contributed by atoms with Gasteiger partial charge < -0.3 is 10.6 Å². The molecule has 1 aliphatic heterocycles. The highest BCUT2D eigenvalue weighted by Gasteiger charge is 2.33. The van der Waals surface area contributed by atoms with Crippen LogP contribution in [-0.4, -0.2) is 29.3 Å². The lowest BCUT2D eigenvalue weighted by molar-refractivity contribution is -0.135. The topological polar surface area (TPSA) is 63.4 Å². The van der Waals surface area contributed by atoms with Crippen molar-refractivity contribution in [3.8, 4) is 0 Å². The summed E-state index contributed by atoms with van der Waals surface area (Å²) >= 11 is 0. The lowest BCUT2D eigenvalue weighted by atomic mass is 10.0. The Morgan fingerprint density at radius 1 is 1.71 bits per heavy atom. The second kappa shape index (κ2) is 4.44. The second-order valence-corrected chi connectivity index (χ2v) is 3.98. The maximum atomic E-state index is 11.5. The predicted octanol–water partition coefficient (Wildman–Crippen LogP) is 0.509. The Balaban J connectivity index is 2.56. The third kappa shape index (κ3) is 2.25. The normalized spacial score (nSPS) is 24.0. The van der Waals surface area contributed by atoms with Gasteiger partial charge in [0.15, 0.2) is 0 Å². The smallest absolute Gasteiger partial charge is 0.239 e. The second-order valence-electron chi connectivity index (χ2n) is 3.98. The monoisotopic (exact) mass is 198 g/mol. The molecule has 1 aliphatic rings. The lowest BCUT2D eigenvalue weighted by Crippen LogP contribution is -2.43. The molecule has 2 unspecified atom stereocenters. The molecule has 80 valence electrons. The Hall–Kier alpha value is -1.06. The largest absolute Gasteiger partial charge is 0.368 e. The zero-order valence-electron chi connectivity index (χ0n) is 8.82. The number of hydrogen-bond donors (Lipinski definition) is 1. The van der Waals surface area contributed by atoms with E-state index in [4.69, 9.17) is 5.73 Å². The number of amides is 2. The number of carbonyl (C=O) groups excluding carboxylic acids is 2. The van der Waals surface area contributed by atoms with Gasteiger partial charge in [-0.2, -0.15) is 0 Å². The molecule has 4 heteroatoms. The van der Waals surface area contributed by atoms with E-state index >= 15 is 0 Å². The molecule has 0 aromatic heterocycles. The van der Waals surface area contributed by atoms with Crippen LogP contribution >= 0.6 is 0 Å². The van der Waals surface area contributed by atoms with Crippen molar-refractivity contribution in [3.63, 3.8) is 0 Å². The third-order valence-electron chi connectivity index (χ3n) is 2.81. The van der Waals surface area contributed by atoms with Crippen LogP contribution in [0, 0.1) is 5.92 Å². The predicted molar refractivity (Wildman–Crippen MR) is 53.4 cm³/mol. The molecule has 2 N–H and O–H groups in total. The zero-order valence-corrected chi connectivity index (χ0v) is 8.82. The summed E-state index contributed by atoms with van der Waals surface area (Å²) in [6, 6.07) is -0.454. The van der Waals surface area contributed by atoms with Crippen molar-refractivity contribution in [1.29, 1.82) is 0 Å². The van der Waals surface area contributed by atoms with Crippen LogP contribution in [0.5, 0.6) is 0 Å². The van der Waals surface area contributed by atoms with Gasteiger partial charge in [0, 0.05) is 13.0 Å². The molecule has 2 atom stereocenters. The third-order valence-corrected chi connectivity index (χ3v) is 2.81. The first kappa shape index (κ1) is 11.0. The van der Waals surface area contributed by atoms with Crippen LogP contribution in [0.4, 0.5) is 0 Å². The van der Waals surface area contributed by atoms with Gasteiger partial charge in [-0.05, 0) is 19.3 Å². The van der Waals surface area contributed by atoms with Crippen LogP contribution in [0.15, 0.2) is 0 Å². The van der Waals surface area contributed by atoms with E-state index in [9.17, 15) is 9.59 Å². The van der Waals surface area contributed by atoms with Crippen LogP contribution in [0.2, 0.25) is 0 Å². The average Bonchev–Trinajstić information content (AvgIpc) is 2.46. The molecule has 1 fully saturated rings. The van der Waals surface area contributed by atoms with Crippen molar-refractivity contribution in [2.75, 3.05) is 6.54 Å². The molecule has 0 aliphatic carbocycles. The van der Waals surface area contributed by atoms with Crippen molar-refractivity contribution >= 4 is 11.8 Å². The highest BCUT2D eigenvalue weighted by Crippen LogP contribution is 2.23. The summed E-state index contributed by atoms with van der Waals surface area (Å²) in [5.41, 5.74) is 5.16. The summed E-state index contributed by atoms with van der Waals surface area (Å²) in [6.45, 7) is 4.48. The molecule has 0 saturated carbocycles. The standard InChI is InChI=1S/C10H18N2O2/c1-3-4-8-5-9(13)12(6-8)7(2)10(11)14/h7-8H,3-6H2,1-2H3,(H2,11,14). The lowest BCUT2D eigenvalue weighted by Gasteiger charge is -2.21.